The minimum Gasteiger partial charge on any atom is -0.444 e. The van der Waals surface area contributed by atoms with Crippen LogP contribution in [-0.4, -0.2) is 54.5 Å². The van der Waals surface area contributed by atoms with Crippen LogP contribution in [0.5, 0.6) is 0 Å². The molecule has 1 N–H and O–H groups in total. The van der Waals surface area contributed by atoms with Gasteiger partial charge in [0.05, 0.1) is 6.10 Å². The van der Waals surface area contributed by atoms with Crippen LogP contribution < -0.4 is 5.32 Å². The molecule has 0 aromatic rings. The molecule has 2 fully saturated rings. The third-order valence-electron chi connectivity index (χ3n) is 4.75. The molecule has 2 atom stereocenters. The van der Waals surface area contributed by atoms with Crippen LogP contribution in [0.2, 0.25) is 0 Å². The maximum absolute atomic E-state index is 12.1. The van der Waals surface area contributed by atoms with Gasteiger partial charge in [0, 0.05) is 31.8 Å². The van der Waals surface area contributed by atoms with Gasteiger partial charge in [-0.3, -0.25) is 0 Å². The summed E-state index contributed by atoms with van der Waals surface area (Å²) in [6.07, 6.45) is 5.52. The first-order chi connectivity index (χ1) is 10.3. The Hall–Kier alpha value is -0.810. The minimum atomic E-state index is -0.428. The third-order valence-corrected chi connectivity index (χ3v) is 4.75. The van der Waals surface area contributed by atoms with Gasteiger partial charge in [0.2, 0.25) is 0 Å². The summed E-state index contributed by atoms with van der Waals surface area (Å²) in [5.74, 6) is 0. The quantitative estimate of drug-likeness (QED) is 0.870. The van der Waals surface area contributed by atoms with Crippen molar-refractivity contribution < 1.29 is 14.3 Å². The van der Waals surface area contributed by atoms with Crippen molar-refractivity contribution in [1.82, 2.24) is 10.2 Å². The van der Waals surface area contributed by atoms with Crippen molar-refractivity contribution in [3.63, 3.8) is 0 Å². The minimum absolute atomic E-state index is 0.207. The van der Waals surface area contributed by atoms with E-state index in [2.05, 4.69) is 12.2 Å². The van der Waals surface area contributed by atoms with Crippen LogP contribution in [0.15, 0.2) is 0 Å². The number of amides is 1. The van der Waals surface area contributed by atoms with Crippen LogP contribution >= 0.6 is 0 Å². The molecule has 2 unspecified atom stereocenters. The van der Waals surface area contributed by atoms with Gasteiger partial charge < -0.3 is 19.7 Å². The molecule has 2 aliphatic rings. The maximum atomic E-state index is 12.1. The van der Waals surface area contributed by atoms with E-state index in [1.54, 1.807) is 4.90 Å². The van der Waals surface area contributed by atoms with E-state index in [1.165, 1.54) is 0 Å². The molecule has 1 heterocycles. The summed E-state index contributed by atoms with van der Waals surface area (Å²) in [5.41, 5.74) is -0.428. The number of rotatable bonds is 3. The smallest absolute Gasteiger partial charge is 0.410 e. The van der Waals surface area contributed by atoms with Crippen LogP contribution in [-0.2, 0) is 9.47 Å². The summed E-state index contributed by atoms with van der Waals surface area (Å²) in [6.45, 7) is 8.74. The maximum Gasteiger partial charge on any atom is 0.410 e. The van der Waals surface area contributed by atoms with Gasteiger partial charge in [0.25, 0.3) is 0 Å². The number of hydrogen-bond acceptors (Lipinski definition) is 4. The Bertz CT molecular complexity index is 373. The molecule has 0 radical (unpaired) electrons. The zero-order chi connectivity index (χ0) is 16.3. The molecule has 0 bridgehead atoms. The summed E-state index contributed by atoms with van der Waals surface area (Å²) in [7, 11) is 1.86. The van der Waals surface area contributed by atoms with E-state index in [0.29, 0.717) is 24.2 Å². The van der Waals surface area contributed by atoms with E-state index >= 15 is 0 Å². The molecule has 1 saturated heterocycles. The highest BCUT2D eigenvalue weighted by atomic mass is 16.6. The van der Waals surface area contributed by atoms with Gasteiger partial charge in [-0.2, -0.15) is 0 Å². The highest BCUT2D eigenvalue weighted by Crippen LogP contribution is 2.25. The van der Waals surface area contributed by atoms with Crippen molar-refractivity contribution >= 4 is 6.09 Å². The predicted octanol–water partition coefficient (Wildman–Crippen LogP) is 2.93. The van der Waals surface area contributed by atoms with Crippen molar-refractivity contribution in [2.45, 2.75) is 89.6 Å². The number of carbonyl (C=O) groups excluding carboxylic acids is 1. The Morgan fingerprint density at radius 1 is 1.18 bits per heavy atom. The molecule has 0 aromatic carbocycles. The first kappa shape index (κ1) is 17.5. The Kier molecular flexibility index (Phi) is 5.72. The standard InChI is InChI=1S/C17H32N2O3/c1-12-15(10-11-21-12)18-13-6-8-14(9-7-13)19(5)16(20)22-17(2,3)4/h12-15,18H,6-11H2,1-5H3. The first-order valence-corrected chi connectivity index (χ1v) is 8.60. The van der Waals surface area contributed by atoms with Crippen molar-refractivity contribution in [3.05, 3.63) is 0 Å². The monoisotopic (exact) mass is 312 g/mol. The molecular weight excluding hydrogens is 280 g/mol. The lowest BCUT2D eigenvalue weighted by Crippen LogP contribution is -2.48. The lowest BCUT2D eigenvalue weighted by molar-refractivity contribution is 0.0176. The topological polar surface area (TPSA) is 50.8 Å². The SMILES string of the molecule is CC1OCCC1NC1CCC(N(C)C(=O)OC(C)(C)C)CC1. The number of carbonyl (C=O) groups is 1. The first-order valence-electron chi connectivity index (χ1n) is 8.60. The Labute approximate surface area is 134 Å². The van der Waals surface area contributed by atoms with Gasteiger partial charge in [-0.15, -0.1) is 0 Å². The van der Waals surface area contributed by atoms with E-state index in [9.17, 15) is 4.79 Å². The Balaban J connectivity index is 1.75. The largest absolute Gasteiger partial charge is 0.444 e. The van der Waals surface area contributed by atoms with Gasteiger partial charge in [0.15, 0.2) is 0 Å². The zero-order valence-corrected chi connectivity index (χ0v) is 14.7. The molecule has 128 valence electrons. The third kappa shape index (κ3) is 4.85. The van der Waals surface area contributed by atoms with Crippen molar-refractivity contribution in [3.8, 4) is 0 Å². The summed E-state index contributed by atoms with van der Waals surface area (Å²) in [4.78, 5) is 13.9. The molecule has 22 heavy (non-hydrogen) atoms. The van der Waals surface area contributed by atoms with Crippen LogP contribution in [0.3, 0.4) is 0 Å². The number of hydrogen-bond donors (Lipinski definition) is 1. The number of nitrogens with one attached hydrogen (secondary N) is 1. The Morgan fingerprint density at radius 3 is 2.32 bits per heavy atom. The molecule has 1 aliphatic heterocycles. The summed E-state index contributed by atoms with van der Waals surface area (Å²) in [6, 6.07) is 1.34. The predicted molar refractivity (Wildman–Crippen MR) is 87.0 cm³/mol. The molecule has 1 aliphatic carbocycles. The molecule has 1 amide bonds. The fraction of sp³-hybridized carbons (Fsp3) is 0.941. The van der Waals surface area contributed by atoms with Crippen LogP contribution in [0, 0.1) is 0 Å². The number of nitrogens with zero attached hydrogens (tertiary/aromatic N) is 1. The lowest BCUT2D eigenvalue weighted by Gasteiger charge is -2.36. The van der Waals surface area contributed by atoms with Gasteiger partial charge >= 0.3 is 6.09 Å². The van der Waals surface area contributed by atoms with Crippen molar-refractivity contribution in [2.75, 3.05) is 13.7 Å². The Morgan fingerprint density at radius 2 is 1.82 bits per heavy atom. The second kappa shape index (κ2) is 7.18. The van der Waals surface area contributed by atoms with E-state index < -0.39 is 5.60 Å². The highest BCUT2D eigenvalue weighted by molar-refractivity contribution is 5.68. The molecule has 1 saturated carbocycles. The van der Waals surface area contributed by atoms with E-state index in [-0.39, 0.29) is 6.09 Å². The normalized spacial score (nSPS) is 32.8. The summed E-state index contributed by atoms with van der Waals surface area (Å²) >= 11 is 0. The van der Waals surface area contributed by atoms with Crippen LogP contribution in [0.1, 0.15) is 59.8 Å². The molecule has 2 rings (SSSR count). The van der Waals surface area contributed by atoms with E-state index in [4.69, 9.17) is 9.47 Å². The van der Waals surface area contributed by atoms with Gasteiger partial charge in [-0.25, -0.2) is 4.79 Å². The lowest BCUT2D eigenvalue weighted by atomic mass is 9.89. The molecular formula is C17H32N2O3. The fourth-order valence-corrected chi connectivity index (χ4v) is 3.37. The summed E-state index contributed by atoms with van der Waals surface area (Å²) in [5, 5.41) is 3.73. The zero-order valence-electron chi connectivity index (χ0n) is 14.7. The second-order valence-electron chi connectivity index (χ2n) is 7.73. The number of ether oxygens (including phenoxy) is 2. The molecule has 5 nitrogen and oxygen atoms in total. The van der Waals surface area contributed by atoms with Crippen LogP contribution in [0.25, 0.3) is 0 Å². The highest BCUT2D eigenvalue weighted by Gasteiger charge is 2.32. The molecule has 0 spiro atoms. The second-order valence-corrected chi connectivity index (χ2v) is 7.73. The molecule has 0 aromatic heterocycles. The molecule has 5 heteroatoms. The average Bonchev–Trinajstić information content (AvgIpc) is 2.82. The van der Waals surface area contributed by atoms with Crippen molar-refractivity contribution in [2.24, 2.45) is 0 Å². The van der Waals surface area contributed by atoms with E-state index in [1.807, 2.05) is 27.8 Å². The summed E-state index contributed by atoms with van der Waals surface area (Å²) < 4.78 is 11.1. The van der Waals surface area contributed by atoms with E-state index in [0.717, 1.165) is 38.7 Å². The fourth-order valence-electron chi connectivity index (χ4n) is 3.37. The van der Waals surface area contributed by atoms with Gasteiger partial charge in [0.1, 0.15) is 5.60 Å². The van der Waals surface area contributed by atoms with Crippen molar-refractivity contribution in [1.29, 1.82) is 0 Å². The average molecular weight is 312 g/mol. The van der Waals surface area contributed by atoms with Gasteiger partial charge in [-0.1, -0.05) is 0 Å². The van der Waals surface area contributed by atoms with Crippen LogP contribution in [0.4, 0.5) is 4.79 Å². The van der Waals surface area contributed by atoms with Gasteiger partial charge in [-0.05, 0) is 59.8 Å².